The minimum Gasteiger partial charge on any atom is -0.312 e. The summed E-state index contributed by atoms with van der Waals surface area (Å²) in [5, 5.41) is 3.12. The zero-order valence-electron chi connectivity index (χ0n) is 12.1. The van der Waals surface area contributed by atoms with E-state index in [0.29, 0.717) is 18.5 Å². The Balaban J connectivity index is 2.07. The number of aromatic nitrogens is 2. The van der Waals surface area contributed by atoms with Gasteiger partial charge in [-0.15, -0.1) is 0 Å². The van der Waals surface area contributed by atoms with Crippen LogP contribution in [0.2, 0.25) is 0 Å². The number of nitrogens with zero attached hydrogens (tertiary/aromatic N) is 2. The van der Waals surface area contributed by atoms with Gasteiger partial charge in [0.25, 0.3) is 5.56 Å². The Labute approximate surface area is 125 Å². The standard InChI is InChI=1S/C15H16F3N3O/c1-20-14(22)11-8-19-7-6-13(11)21(20)9-10-4-2-3-5-12(10)15(16,17)18/h2-5,19H,6-9H2,1H3. The minimum atomic E-state index is -4.40. The van der Waals surface area contributed by atoms with Gasteiger partial charge in [0.2, 0.25) is 0 Å². The van der Waals surface area contributed by atoms with Gasteiger partial charge in [-0.05, 0) is 11.6 Å². The van der Waals surface area contributed by atoms with Gasteiger partial charge in [-0.1, -0.05) is 18.2 Å². The molecule has 0 atom stereocenters. The summed E-state index contributed by atoms with van der Waals surface area (Å²) in [7, 11) is 1.59. The molecule has 2 heterocycles. The van der Waals surface area contributed by atoms with Gasteiger partial charge in [0, 0.05) is 32.3 Å². The van der Waals surface area contributed by atoms with Crippen LogP contribution in [0.1, 0.15) is 22.4 Å². The number of benzene rings is 1. The summed E-state index contributed by atoms with van der Waals surface area (Å²) in [6, 6.07) is 5.49. The maximum atomic E-state index is 13.1. The third-order valence-corrected chi connectivity index (χ3v) is 4.06. The SMILES string of the molecule is Cn1c(=O)c2c(n1Cc1ccccc1C(F)(F)F)CCNC2. The van der Waals surface area contributed by atoms with E-state index in [9.17, 15) is 18.0 Å². The van der Waals surface area contributed by atoms with Crippen LogP contribution in [0.3, 0.4) is 0 Å². The normalized spacial score (nSPS) is 14.9. The molecule has 1 aromatic carbocycles. The highest BCUT2D eigenvalue weighted by atomic mass is 19.4. The van der Waals surface area contributed by atoms with Gasteiger partial charge in [0.15, 0.2) is 0 Å². The third-order valence-electron chi connectivity index (χ3n) is 4.06. The highest BCUT2D eigenvalue weighted by Crippen LogP contribution is 2.32. The van der Waals surface area contributed by atoms with E-state index in [1.54, 1.807) is 17.8 Å². The van der Waals surface area contributed by atoms with Gasteiger partial charge in [0.1, 0.15) is 0 Å². The van der Waals surface area contributed by atoms with E-state index >= 15 is 0 Å². The van der Waals surface area contributed by atoms with Crippen molar-refractivity contribution in [2.24, 2.45) is 7.05 Å². The number of alkyl halides is 3. The first kappa shape index (κ1) is 14.9. The fraction of sp³-hybridized carbons (Fsp3) is 0.400. The Hall–Kier alpha value is -2.02. The first-order chi connectivity index (χ1) is 10.4. The van der Waals surface area contributed by atoms with Crippen molar-refractivity contribution in [2.75, 3.05) is 6.54 Å². The molecule has 0 bridgehead atoms. The molecule has 1 aliphatic heterocycles. The fourth-order valence-electron chi connectivity index (χ4n) is 2.94. The van der Waals surface area contributed by atoms with Crippen LogP contribution in [-0.4, -0.2) is 15.9 Å². The van der Waals surface area contributed by atoms with Crippen LogP contribution in [0.4, 0.5) is 13.2 Å². The van der Waals surface area contributed by atoms with E-state index in [1.165, 1.54) is 16.8 Å². The molecule has 118 valence electrons. The predicted molar refractivity (Wildman–Crippen MR) is 75.6 cm³/mol. The second-order valence-electron chi connectivity index (χ2n) is 5.39. The molecule has 0 saturated carbocycles. The summed E-state index contributed by atoms with van der Waals surface area (Å²) in [5.41, 5.74) is 0.842. The Morgan fingerprint density at radius 2 is 2.00 bits per heavy atom. The van der Waals surface area contributed by atoms with Crippen molar-refractivity contribution >= 4 is 0 Å². The van der Waals surface area contributed by atoms with Crippen molar-refractivity contribution in [3.8, 4) is 0 Å². The molecular formula is C15H16F3N3O. The van der Waals surface area contributed by atoms with E-state index in [4.69, 9.17) is 0 Å². The fourth-order valence-corrected chi connectivity index (χ4v) is 2.94. The summed E-state index contributed by atoms with van der Waals surface area (Å²) in [5.74, 6) is 0. The van der Waals surface area contributed by atoms with Gasteiger partial charge in [0.05, 0.1) is 17.7 Å². The molecule has 1 N–H and O–H groups in total. The van der Waals surface area contributed by atoms with Crippen molar-refractivity contribution in [2.45, 2.75) is 25.7 Å². The lowest BCUT2D eigenvalue weighted by Crippen LogP contribution is -2.27. The second-order valence-corrected chi connectivity index (χ2v) is 5.39. The predicted octanol–water partition coefficient (Wildman–Crippen LogP) is 1.90. The average molecular weight is 311 g/mol. The molecule has 0 spiro atoms. The van der Waals surface area contributed by atoms with Crippen LogP contribution >= 0.6 is 0 Å². The van der Waals surface area contributed by atoms with Crippen molar-refractivity contribution in [1.29, 1.82) is 0 Å². The molecule has 0 radical (unpaired) electrons. The largest absolute Gasteiger partial charge is 0.416 e. The molecule has 7 heteroatoms. The van der Waals surface area contributed by atoms with Gasteiger partial charge >= 0.3 is 6.18 Å². The topological polar surface area (TPSA) is 39.0 Å². The van der Waals surface area contributed by atoms with Gasteiger partial charge < -0.3 is 5.32 Å². The third kappa shape index (κ3) is 2.45. The van der Waals surface area contributed by atoms with Gasteiger partial charge in [-0.25, -0.2) is 0 Å². The molecule has 22 heavy (non-hydrogen) atoms. The zero-order chi connectivity index (χ0) is 15.9. The number of fused-ring (bicyclic) bond motifs is 1. The first-order valence-electron chi connectivity index (χ1n) is 7.03. The zero-order valence-corrected chi connectivity index (χ0v) is 12.1. The van der Waals surface area contributed by atoms with Crippen LogP contribution in [0.5, 0.6) is 0 Å². The van der Waals surface area contributed by atoms with E-state index in [0.717, 1.165) is 18.3 Å². The van der Waals surface area contributed by atoms with Crippen LogP contribution < -0.4 is 10.9 Å². The minimum absolute atomic E-state index is 0.0384. The van der Waals surface area contributed by atoms with E-state index in [1.807, 2.05) is 0 Å². The summed E-state index contributed by atoms with van der Waals surface area (Å²) < 4.78 is 42.4. The number of nitrogens with one attached hydrogen (secondary N) is 1. The van der Waals surface area contributed by atoms with E-state index < -0.39 is 11.7 Å². The summed E-state index contributed by atoms with van der Waals surface area (Å²) in [4.78, 5) is 12.2. The maximum absolute atomic E-state index is 13.1. The van der Waals surface area contributed by atoms with E-state index in [-0.39, 0.29) is 17.7 Å². The molecule has 1 aromatic heterocycles. The first-order valence-corrected chi connectivity index (χ1v) is 7.03. The van der Waals surface area contributed by atoms with Crippen LogP contribution in [0, 0.1) is 0 Å². The Kier molecular flexibility index (Phi) is 3.60. The van der Waals surface area contributed by atoms with Crippen LogP contribution in [0.15, 0.2) is 29.1 Å². The number of hydrogen-bond donors (Lipinski definition) is 1. The van der Waals surface area contributed by atoms with Crippen LogP contribution in [-0.2, 0) is 32.7 Å². The lowest BCUT2D eigenvalue weighted by atomic mass is 10.1. The maximum Gasteiger partial charge on any atom is 0.416 e. The molecule has 0 saturated heterocycles. The smallest absolute Gasteiger partial charge is 0.312 e. The summed E-state index contributed by atoms with van der Waals surface area (Å²) in [6.45, 7) is 1.23. The second kappa shape index (κ2) is 5.31. The molecule has 0 unspecified atom stereocenters. The van der Waals surface area contributed by atoms with Crippen molar-refractivity contribution in [3.05, 3.63) is 57.0 Å². The molecule has 4 nitrogen and oxygen atoms in total. The lowest BCUT2D eigenvalue weighted by Gasteiger charge is -2.18. The van der Waals surface area contributed by atoms with Gasteiger partial charge in [-0.3, -0.25) is 14.2 Å². The number of rotatable bonds is 2. The Morgan fingerprint density at radius 1 is 1.27 bits per heavy atom. The quantitative estimate of drug-likeness (QED) is 0.920. The molecule has 3 rings (SSSR count). The highest BCUT2D eigenvalue weighted by molar-refractivity contribution is 5.31. The van der Waals surface area contributed by atoms with Gasteiger partial charge in [-0.2, -0.15) is 13.2 Å². The van der Waals surface area contributed by atoms with Crippen molar-refractivity contribution < 1.29 is 13.2 Å². The Bertz CT molecular complexity index is 758. The lowest BCUT2D eigenvalue weighted by molar-refractivity contribution is -0.138. The molecule has 0 amide bonds. The average Bonchev–Trinajstić information content (AvgIpc) is 2.72. The van der Waals surface area contributed by atoms with Crippen molar-refractivity contribution in [3.63, 3.8) is 0 Å². The number of hydrogen-bond acceptors (Lipinski definition) is 2. The molecule has 0 aliphatic carbocycles. The van der Waals surface area contributed by atoms with Crippen LogP contribution in [0.25, 0.3) is 0 Å². The number of halogens is 3. The molecular weight excluding hydrogens is 295 g/mol. The van der Waals surface area contributed by atoms with E-state index in [2.05, 4.69) is 5.32 Å². The highest BCUT2D eigenvalue weighted by Gasteiger charge is 2.33. The van der Waals surface area contributed by atoms with Crippen molar-refractivity contribution in [1.82, 2.24) is 14.7 Å². The summed E-state index contributed by atoms with van der Waals surface area (Å²) in [6.07, 6.45) is -3.76. The summed E-state index contributed by atoms with van der Waals surface area (Å²) >= 11 is 0. The molecule has 0 fully saturated rings. The molecule has 1 aliphatic rings. The Morgan fingerprint density at radius 3 is 2.73 bits per heavy atom. The monoisotopic (exact) mass is 311 g/mol. The molecule has 2 aromatic rings.